The van der Waals surface area contributed by atoms with Gasteiger partial charge in [-0.05, 0) is 43.2 Å². The molecule has 0 heterocycles. The fraction of sp³-hybridized carbons (Fsp3) is 0.533. The summed E-state index contributed by atoms with van der Waals surface area (Å²) in [5.41, 5.74) is 0.941. The van der Waals surface area contributed by atoms with Crippen LogP contribution in [0.4, 0.5) is 0 Å². The summed E-state index contributed by atoms with van der Waals surface area (Å²) in [7, 11) is 0. The number of ether oxygens (including phenoxy) is 1. The van der Waals surface area contributed by atoms with Gasteiger partial charge in [0.2, 0.25) is 0 Å². The zero-order valence-electron chi connectivity index (χ0n) is 10.9. The lowest BCUT2D eigenvalue weighted by atomic mass is 9.76. The summed E-state index contributed by atoms with van der Waals surface area (Å²) in [5.74, 6) is 0.767. The highest BCUT2D eigenvalue weighted by Crippen LogP contribution is 2.36. The van der Waals surface area contributed by atoms with Crippen molar-refractivity contribution < 1.29 is 4.74 Å². The minimum atomic E-state index is 0.280. The van der Waals surface area contributed by atoms with Gasteiger partial charge < -0.3 is 4.74 Å². The largest absolute Gasteiger partial charge is 0.490 e. The summed E-state index contributed by atoms with van der Waals surface area (Å²) < 4.78 is 5.94. The molecule has 1 aromatic rings. The molecule has 0 aliphatic heterocycles. The minimum absolute atomic E-state index is 0.280. The second kappa shape index (κ2) is 5.20. The Morgan fingerprint density at radius 2 is 2.00 bits per heavy atom. The molecule has 0 unspecified atom stereocenters. The van der Waals surface area contributed by atoms with Gasteiger partial charge in [-0.3, -0.25) is 0 Å². The van der Waals surface area contributed by atoms with Gasteiger partial charge in [-0.25, -0.2) is 0 Å². The topological polar surface area (TPSA) is 33.0 Å². The fourth-order valence-electron chi connectivity index (χ4n) is 2.34. The zero-order valence-corrected chi connectivity index (χ0v) is 11.6. The van der Waals surface area contributed by atoms with Crippen molar-refractivity contribution >= 4 is 11.6 Å². The van der Waals surface area contributed by atoms with Crippen LogP contribution in [0.5, 0.6) is 5.75 Å². The maximum atomic E-state index is 8.81. The third-order valence-electron chi connectivity index (χ3n) is 3.65. The first-order chi connectivity index (χ1) is 8.50. The highest BCUT2D eigenvalue weighted by molar-refractivity contribution is 6.31. The van der Waals surface area contributed by atoms with Crippen molar-refractivity contribution in [2.45, 2.75) is 45.6 Å². The van der Waals surface area contributed by atoms with Crippen molar-refractivity contribution in [3.63, 3.8) is 0 Å². The van der Waals surface area contributed by atoms with E-state index in [1.807, 2.05) is 12.1 Å². The third kappa shape index (κ3) is 3.17. The Kier molecular flexibility index (Phi) is 3.82. The first kappa shape index (κ1) is 13.2. The lowest BCUT2D eigenvalue weighted by Gasteiger charge is -2.34. The molecule has 1 aliphatic rings. The molecule has 0 saturated heterocycles. The smallest absolute Gasteiger partial charge is 0.121 e. The van der Waals surface area contributed by atoms with E-state index in [1.165, 1.54) is 12.8 Å². The van der Waals surface area contributed by atoms with Gasteiger partial charge in [0.1, 0.15) is 11.8 Å². The van der Waals surface area contributed by atoms with Crippen LogP contribution in [0.1, 0.15) is 45.1 Å². The van der Waals surface area contributed by atoms with Crippen molar-refractivity contribution in [2.75, 3.05) is 0 Å². The predicted molar refractivity (Wildman–Crippen MR) is 72.8 cm³/mol. The Balaban J connectivity index is 1.99. The second-order valence-electron chi connectivity index (χ2n) is 5.73. The number of halogens is 1. The Labute approximate surface area is 114 Å². The summed E-state index contributed by atoms with van der Waals surface area (Å²) in [6.45, 7) is 4.61. The van der Waals surface area contributed by atoms with E-state index in [9.17, 15) is 0 Å². The second-order valence-corrected chi connectivity index (χ2v) is 6.14. The molecule has 0 bridgehead atoms. The highest BCUT2D eigenvalue weighted by atomic mass is 35.5. The van der Waals surface area contributed by atoms with E-state index in [0.29, 0.717) is 16.0 Å². The first-order valence-electron chi connectivity index (χ1n) is 6.36. The van der Waals surface area contributed by atoms with E-state index in [1.54, 1.807) is 12.1 Å². The molecular formula is C15H18ClNO. The van der Waals surface area contributed by atoms with E-state index in [0.717, 1.165) is 18.6 Å². The zero-order chi connectivity index (χ0) is 13.2. The highest BCUT2D eigenvalue weighted by Gasteiger charge is 2.27. The molecule has 1 aromatic carbocycles. The van der Waals surface area contributed by atoms with Gasteiger partial charge in [-0.15, -0.1) is 0 Å². The van der Waals surface area contributed by atoms with Crippen LogP contribution in [0.25, 0.3) is 0 Å². The van der Waals surface area contributed by atoms with Crippen molar-refractivity contribution in [2.24, 2.45) is 5.41 Å². The van der Waals surface area contributed by atoms with Crippen molar-refractivity contribution in [1.82, 2.24) is 0 Å². The normalized spacial score (nSPS) is 19.2. The Morgan fingerprint density at radius 1 is 1.33 bits per heavy atom. The molecule has 0 atom stereocenters. The van der Waals surface area contributed by atoms with Crippen LogP contribution in [0, 0.1) is 16.7 Å². The van der Waals surface area contributed by atoms with Crippen LogP contribution < -0.4 is 4.74 Å². The number of nitrogens with zero attached hydrogens (tertiary/aromatic N) is 1. The van der Waals surface area contributed by atoms with Crippen LogP contribution in [0.3, 0.4) is 0 Å². The Hall–Kier alpha value is -1.20. The average Bonchev–Trinajstić information content (AvgIpc) is 2.32. The maximum absolute atomic E-state index is 8.81. The molecule has 0 radical (unpaired) electrons. The molecule has 1 saturated carbocycles. The molecule has 2 nitrogen and oxygen atoms in total. The molecule has 0 amide bonds. The molecule has 96 valence electrons. The number of benzene rings is 1. The van der Waals surface area contributed by atoms with Gasteiger partial charge >= 0.3 is 0 Å². The van der Waals surface area contributed by atoms with Crippen LogP contribution in [0.2, 0.25) is 5.02 Å². The van der Waals surface area contributed by atoms with E-state index >= 15 is 0 Å². The van der Waals surface area contributed by atoms with Crippen molar-refractivity contribution in [1.29, 1.82) is 5.26 Å². The number of hydrogen-bond acceptors (Lipinski definition) is 2. The summed E-state index contributed by atoms with van der Waals surface area (Å²) in [5, 5.41) is 9.28. The number of hydrogen-bond donors (Lipinski definition) is 0. The summed E-state index contributed by atoms with van der Waals surface area (Å²) in [6, 6.07) is 7.32. The summed E-state index contributed by atoms with van der Waals surface area (Å²) in [6.07, 6.45) is 4.85. The van der Waals surface area contributed by atoms with Crippen LogP contribution in [-0.4, -0.2) is 6.10 Å². The van der Waals surface area contributed by atoms with Crippen LogP contribution >= 0.6 is 11.6 Å². The average molecular weight is 264 g/mol. The molecule has 0 aromatic heterocycles. The fourth-order valence-corrected chi connectivity index (χ4v) is 2.56. The molecule has 2 rings (SSSR count). The third-order valence-corrected chi connectivity index (χ3v) is 3.96. The maximum Gasteiger partial charge on any atom is 0.121 e. The number of nitriles is 1. The molecule has 18 heavy (non-hydrogen) atoms. The van der Waals surface area contributed by atoms with E-state index in [2.05, 4.69) is 13.8 Å². The first-order valence-corrected chi connectivity index (χ1v) is 6.74. The van der Waals surface area contributed by atoms with Gasteiger partial charge in [0.25, 0.3) is 0 Å². The molecule has 1 aliphatic carbocycles. The van der Waals surface area contributed by atoms with Gasteiger partial charge in [0, 0.05) is 6.07 Å². The lowest BCUT2D eigenvalue weighted by Crippen LogP contribution is -2.28. The molecule has 1 fully saturated rings. The summed E-state index contributed by atoms with van der Waals surface area (Å²) >= 11 is 5.99. The molecule has 0 N–H and O–H groups in total. The monoisotopic (exact) mass is 263 g/mol. The minimum Gasteiger partial charge on any atom is -0.490 e. The Morgan fingerprint density at radius 3 is 2.56 bits per heavy atom. The van der Waals surface area contributed by atoms with E-state index in [-0.39, 0.29) is 6.10 Å². The van der Waals surface area contributed by atoms with Crippen LogP contribution in [-0.2, 0) is 0 Å². The SMILES string of the molecule is CC1(C)CCC(Oc2ccc(C#N)c(Cl)c2)CC1. The molecule has 3 heteroatoms. The molecule has 0 spiro atoms. The lowest BCUT2D eigenvalue weighted by molar-refractivity contribution is 0.0988. The van der Waals surface area contributed by atoms with Gasteiger partial charge in [0.15, 0.2) is 0 Å². The van der Waals surface area contributed by atoms with Gasteiger partial charge in [-0.1, -0.05) is 25.4 Å². The van der Waals surface area contributed by atoms with E-state index < -0.39 is 0 Å². The van der Waals surface area contributed by atoms with Crippen LogP contribution in [0.15, 0.2) is 18.2 Å². The van der Waals surface area contributed by atoms with Crippen molar-refractivity contribution in [3.05, 3.63) is 28.8 Å². The van der Waals surface area contributed by atoms with Gasteiger partial charge in [0.05, 0.1) is 16.7 Å². The van der Waals surface area contributed by atoms with Crippen molar-refractivity contribution in [3.8, 4) is 11.8 Å². The Bertz CT molecular complexity index is 466. The predicted octanol–water partition coefficient (Wildman–Crippen LogP) is 4.56. The quantitative estimate of drug-likeness (QED) is 0.784. The van der Waals surface area contributed by atoms with E-state index in [4.69, 9.17) is 21.6 Å². The number of rotatable bonds is 2. The standard InChI is InChI=1S/C15H18ClNO/c1-15(2)7-5-12(6-8-15)18-13-4-3-11(10-17)14(16)9-13/h3-4,9,12H,5-8H2,1-2H3. The summed E-state index contributed by atoms with van der Waals surface area (Å²) in [4.78, 5) is 0. The van der Waals surface area contributed by atoms with Gasteiger partial charge in [-0.2, -0.15) is 5.26 Å². The molecular weight excluding hydrogens is 246 g/mol.